The lowest BCUT2D eigenvalue weighted by molar-refractivity contribution is 0.0367. The number of aryl methyl sites for hydroxylation is 4. The minimum absolute atomic E-state index is 0.813. The van der Waals surface area contributed by atoms with Crippen molar-refractivity contribution in [2.75, 3.05) is 0 Å². The minimum Gasteiger partial charge on any atom is -0.380 e. The van der Waals surface area contributed by atoms with Crippen molar-refractivity contribution in [3.05, 3.63) is 53.4 Å². The van der Waals surface area contributed by atoms with Gasteiger partial charge >= 0.3 is 7.32 Å². The Balaban J connectivity index is 1.81. The summed E-state index contributed by atoms with van der Waals surface area (Å²) in [5, 5.41) is 12.4. The summed E-state index contributed by atoms with van der Waals surface area (Å²) in [6.45, 7) is 7.48. The van der Waals surface area contributed by atoms with Crippen LogP contribution in [0, 0.1) is 27.7 Å². The second kappa shape index (κ2) is 6.07. The molecule has 3 aromatic heterocycles. The predicted octanol–water partition coefficient (Wildman–Crippen LogP) is 0.181. The first-order valence-corrected chi connectivity index (χ1v) is 7.09. The van der Waals surface area contributed by atoms with Gasteiger partial charge in [0.1, 0.15) is 0 Å². The molecule has 0 N–H and O–H groups in total. The molecule has 0 fully saturated rings. The Hall–Kier alpha value is -2.91. The third kappa shape index (κ3) is 3.47. The molecule has 3 aromatic rings. The van der Waals surface area contributed by atoms with Crippen molar-refractivity contribution in [3.63, 3.8) is 0 Å². The van der Waals surface area contributed by atoms with Crippen LogP contribution in [0.2, 0.25) is 0 Å². The maximum absolute atomic E-state index is 5.65. The highest BCUT2D eigenvalue weighted by atomic mass is 16.9. The van der Waals surface area contributed by atoms with Crippen molar-refractivity contribution in [2.24, 2.45) is 0 Å². The molecule has 0 saturated heterocycles. The van der Waals surface area contributed by atoms with Crippen LogP contribution in [0.25, 0.3) is 0 Å². The summed E-state index contributed by atoms with van der Waals surface area (Å²) in [5.41, 5.74) is 3.28. The van der Waals surface area contributed by atoms with E-state index in [0.29, 0.717) is 0 Å². The van der Waals surface area contributed by atoms with Crippen LogP contribution in [0.15, 0.2) is 30.6 Å². The Kier molecular flexibility index (Phi) is 3.96. The van der Waals surface area contributed by atoms with E-state index in [9.17, 15) is 0 Å². The normalized spacial score (nSPS) is 10.6. The third-order valence-electron chi connectivity index (χ3n) is 2.98. The first kappa shape index (κ1) is 15.0. The zero-order chi connectivity index (χ0) is 16.4. The first-order valence-electron chi connectivity index (χ1n) is 7.09. The molecule has 0 aromatic carbocycles. The maximum Gasteiger partial charge on any atom is 0.929 e. The van der Waals surface area contributed by atoms with Crippen LogP contribution in [0.5, 0.6) is 0 Å². The smallest absolute Gasteiger partial charge is 0.380 e. The zero-order valence-electron chi connectivity index (χ0n) is 13.4. The lowest BCUT2D eigenvalue weighted by Gasteiger charge is -2.15. The maximum atomic E-state index is 5.65. The van der Waals surface area contributed by atoms with E-state index >= 15 is 0 Å². The molecule has 0 aliphatic rings. The molecule has 0 radical (unpaired) electrons. The van der Waals surface area contributed by atoms with E-state index in [2.05, 4.69) is 15.3 Å². The summed E-state index contributed by atoms with van der Waals surface area (Å²) in [4.78, 5) is 3.92. The second-order valence-corrected chi connectivity index (χ2v) is 5.11. The quantitative estimate of drug-likeness (QED) is 0.604. The van der Waals surface area contributed by atoms with Crippen LogP contribution in [-0.4, -0.2) is 37.2 Å². The Morgan fingerprint density at radius 3 is 1.83 bits per heavy atom. The average Bonchev–Trinajstić information content (AvgIpc) is 3.15. The lowest BCUT2D eigenvalue weighted by Crippen LogP contribution is -2.49. The molecule has 9 nitrogen and oxygen atoms in total. The van der Waals surface area contributed by atoms with Gasteiger partial charge in [-0.05, 0) is 45.9 Å². The van der Waals surface area contributed by atoms with E-state index in [1.165, 1.54) is 14.5 Å². The molecule has 0 amide bonds. The van der Waals surface area contributed by atoms with Crippen LogP contribution in [-0.2, 0) is 0 Å². The van der Waals surface area contributed by atoms with Gasteiger partial charge in [0.2, 0.25) is 0 Å². The van der Waals surface area contributed by atoms with E-state index in [-0.39, 0.29) is 0 Å². The van der Waals surface area contributed by atoms with Crippen molar-refractivity contribution in [1.82, 2.24) is 29.8 Å². The molecule has 3 heterocycles. The average molecular weight is 316 g/mol. The molecule has 0 bridgehead atoms. The number of aromatic nitrogens is 6. The van der Waals surface area contributed by atoms with Gasteiger partial charge in [-0.1, -0.05) is 0 Å². The summed E-state index contributed by atoms with van der Waals surface area (Å²) in [5.74, 6) is 0. The fourth-order valence-electron chi connectivity index (χ4n) is 2.06. The van der Waals surface area contributed by atoms with E-state index in [1.807, 2.05) is 39.8 Å². The molecule has 0 saturated carbocycles. The lowest BCUT2D eigenvalue weighted by atomic mass is 10.3. The molecule has 120 valence electrons. The fraction of sp³-hybridized carbons (Fsp3) is 0.308. The summed E-state index contributed by atoms with van der Waals surface area (Å²) < 4.78 is 16.8. The molecule has 0 spiro atoms. The van der Waals surface area contributed by atoms with E-state index in [1.54, 1.807) is 18.5 Å². The van der Waals surface area contributed by atoms with Crippen molar-refractivity contribution < 1.29 is 14.3 Å². The second-order valence-electron chi connectivity index (χ2n) is 5.11. The van der Waals surface area contributed by atoms with Crippen LogP contribution in [0.3, 0.4) is 0 Å². The molecular formula is C13H17BN6O3. The first-order chi connectivity index (χ1) is 11.0. The van der Waals surface area contributed by atoms with Gasteiger partial charge in [-0.2, -0.15) is 0 Å². The van der Waals surface area contributed by atoms with Gasteiger partial charge in [0, 0.05) is 0 Å². The number of rotatable bonds is 6. The largest absolute Gasteiger partial charge is 0.929 e. The van der Waals surface area contributed by atoms with Crippen molar-refractivity contribution in [2.45, 2.75) is 27.7 Å². The van der Waals surface area contributed by atoms with Gasteiger partial charge in [-0.3, -0.25) is 0 Å². The minimum atomic E-state index is -1.13. The summed E-state index contributed by atoms with van der Waals surface area (Å²) in [7, 11) is -1.13. The third-order valence-corrected chi connectivity index (χ3v) is 2.98. The van der Waals surface area contributed by atoms with Crippen LogP contribution >= 0.6 is 0 Å². The molecule has 0 unspecified atom stereocenters. The molecule has 3 rings (SSSR count). The molecule has 0 aliphatic carbocycles. The summed E-state index contributed by atoms with van der Waals surface area (Å²) in [6, 6.07) is 5.49. The van der Waals surface area contributed by atoms with Crippen LogP contribution in [0.1, 0.15) is 22.8 Å². The summed E-state index contributed by atoms with van der Waals surface area (Å²) >= 11 is 0. The molecule has 23 heavy (non-hydrogen) atoms. The highest BCUT2D eigenvalue weighted by Crippen LogP contribution is 2.02. The Bertz CT molecular complexity index is 734. The summed E-state index contributed by atoms with van der Waals surface area (Å²) in [6.07, 6.45) is 3.21. The van der Waals surface area contributed by atoms with Crippen LogP contribution in [0.4, 0.5) is 0 Å². The standard InChI is InChI=1S/C13H17BN6O3/c1-10-8-12(3)19(16-10)22-14(21-18-7-5-6-15-18)23-20-13(4)9-11(2)17-20/h5-9H,1-4H3. The Labute approximate surface area is 133 Å². The Morgan fingerprint density at radius 2 is 1.43 bits per heavy atom. The zero-order valence-corrected chi connectivity index (χ0v) is 13.4. The SMILES string of the molecule is Cc1cc(C)n(OB(On2cccn2)On2nc(C)cc2C)n1. The fourth-order valence-corrected chi connectivity index (χ4v) is 2.06. The number of hydrogen-bond donors (Lipinski definition) is 0. The van der Waals surface area contributed by atoms with Gasteiger partial charge in [-0.15, -0.1) is 29.8 Å². The highest BCUT2D eigenvalue weighted by Gasteiger charge is 2.35. The van der Waals surface area contributed by atoms with Crippen molar-refractivity contribution in [1.29, 1.82) is 0 Å². The van der Waals surface area contributed by atoms with E-state index < -0.39 is 7.32 Å². The van der Waals surface area contributed by atoms with Gasteiger partial charge in [0.15, 0.2) is 0 Å². The van der Waals surface area contributed by atoms with Gasteiger partial charge in [-0.25, -0.2) is 0 Å². The van der Waals surface area contributed by atoms with Crippen LogP contribution < -0.4 is 14.3 Å². The highest BCUT2D eigenvalue weighted by molar-refractivity contribution is 6.37. The molecular weight excluding hydrogens is 299 g/mol. The monoisotopic (exact) mass is 316 g/mol. The molecule has 0 atom stereocenters. The van der Waals surface area contributed by atoms with Gasteiger partial charge < -0.3 is 14.3 Å². The topological polar surface area (TPSA) is 81.1 Å². The Morgan fingerprint density at radius 1 is 0.870 bits per heavy atom. The molecule has 10 heteroatoms. The van der Waals surface area contributed by atoms with E-state index in [0.717, 1.165) is 22.8 Å². The molecule has 0 aliphatic heterocycles. The predicted molar refractivity (Wildman–Crippen MR) is 81.1 cm³/mol. The van der Waals surface area contributed by atoms with Crippen molar-refractivity contribution in [3.8, 4) is 0 Å². The number of nitrogens with zero attached hydrogens (tertiary/aromatic N) is 6. The van der Waals surface area contributed by atoms with E-state index in [4.69, 9.17) is 14.3 Å². The number of hydrogen-bond acceptors (Lipinski definition) is 6. The van der Waals surface area contributed by atoms with Crippen molar-refractivity contribution >= 4 is 7.32 Å². The van der Waals surface area contributed by atoms with Gasteiger partial charge in [0.25, 0.3) is 0 Å². The van der Waals surface area contributed by atoms with Gasteiger partial charge in [0.05, 0.1) is 35.2 Å².